The van der Waals surface area contributed by atoms with Crippen molar-refractivity contribution in [2.75, 3.05) is 6.54 Å². The van der Waals surface area contributed by atoms with Crippen molar-refractivity contribution in [3.63, 3.8) is 0 Å². The highest BCUT2D eigenvalue weighted by molar-refractivity contribution is 5.26. The first-order valence-electron chi connectivity index (χ1n) is 7.32. The summed E-state index contributed by atoms with van der Waals surface area (Å²) in [5.41, 5.74) is 2.73. The van der Waals surface area contributed by atoms with Crippen LogP contribution in [-0.2, 0) is 6.42 Å². The lowest BCUT2D eigenvalue weighted by atomic mass is 10.1. The van der Waals surface area contributed by atoms with Gasteiger partial charge < -0.3 is 5.11 Å². The molecule has 1 heterocycles. The van der Waals surface area contributed by atoms with E-state index in [0.717, 1.165) is 12.8 Å². The number of phenolic OH excluding ortho intramolecular Hbond substituents is 1. The van der Waals surface area contributed by atoms with Crippen LogP contribution in [0.1, 0.15) is 30.5 Å². The van der Waals surface area contributed by atoms with Gasteiger partial charge in [-0.25, -0.2) is 0 Å². The maximum absolute atomic E-state index is 9.28. The molecule has 0 aromatic heterocycles. The van der Waals surface area contributed by atoms with Gasteiger partial charge in [0.05, 0.1) is 0 Å². The number of benzene rings is 2. The maximum atomic E-state index is 9.28. The van der Waals surface area contributed by atoms with E-state index >= 15 is 0 Å². The fourth-order valence-corrected chi connectivity index (χ4v) is 2.82. The van der Waals surface area contributed by atoms with Gasteiger partial charge in [-0.05, 0) is 43.0 Å². The van der Waals surface area contributed by atoms with Crippen LogP contribution in [0.5, 0.6) is 5.75 Å². The quantitative estimate of drug-likeness (QED) is 0.833. The number of hydrogen-bond acceptors (Lipinski definition) is 2. The molecule has 2 heteroatoms. The first kappa shape index (κ1) is 13.2. The number of phenols is 1. The van der Waals surface area contributed by atoms with Gasteiger partial charge in [0.2, 0.25) is 0 Å². The Labute approximate surface area is 120 Å². The molecule has 2 aromatic carbocycles. The standard InChI is InChI=1S/C18H21NO/c1-14(7-8-15-9-11-17(20)12-10-15)19-13-18(19)16-5-3-2-4-6-16/h2-6,9-12,14,18,20H,7-8,13H2,1H3/t14-,18+,19?/m0/s1. The van der Waals surface area contributed by atoms with Crippen molar-refractivity contribution in [2.24, 2.45) is 0 Å². The molecule has 1 fully saturated rings. The lowest BCUT2D eigenvalue weighted by molar-refractivity contribution is 0.376. The van der Waals surface area contributed by atoms with Crippen molar-refractivity contribution in [3.8, 4) is 5.75 Å². The molecule has 0 spiro atoms. The number of nitrogens with zero attached hydrogens (tertiary/aromatic N) is 1. The Hall–Kier alpha value is -1.80. The third-order valence-electron chi connectivity index (χ3n) is 4.19. The molecule has 1 N–H and O–H groups in total. The summed E-state index contributed by atoms with van der Waals surface area (Å²) in [6.45, 7) is 3.49. The fourth-order valence-electron chi connectivity index (χ4n) is 2.82. The second-order valence-electron chi connectivity index (χ2n) is 5.68. The summed E-state index contributed by atoms with van der Waals surface area (Å²) >= 11 is 0. The molecule has 0 saturated carbocycles. The molecule has 2 aromatic rings. The monoisotopic (exact) mass is 267 g/mol. The van der Waals surface area contributed by atoms with Gasteiger partial charge in [-0.15, -0.1) is 0 Å². The number of rotatable bonds is 5. The Morgan fingerprint density at radius 3 is 2.50 bits per heavy atom. The minimum absolute atomic E-state index is 0.344. The summed E-state index contributed by atoms with van der Waals surface area (Å²) in [5, 5.41) is 9.28. The number of hydrogen-bond donors (Lipinski definition) is 1. The van der Waals surface area contributed by atoms with E-state index in [1.807, 2.05) is 12.1 Å². The summed E-state index contributed by atoms with van der Waals surface area (Å²) in [4.78, 5) is 2.55. The summed E-state index contributed by atoms with van der Waals surface area (Å²) in [7, 11) is 0. The van der Waals surface area contributed by atoms with Crippen LogP contribution in [0.15, 0.2) is 54.6 Å². The van der Waals surface area contributed by atoms with Crippen molar-refractivity contribution in [3.05, 3.63) is 65.7 Å². The van der Waals surface area contributed by atoms with Crippen molar-refractivity contribution >= 4 is 0 Å². The third kappa shape index (κ3) is 3.02. The molecule has 1 aliphatic heterocycles. The van der Waals surface area contributed by atoms with Gasteiger partial charge in [-0.2, -0.15) is 0 Å². The Balaban J connectivity index is 1.51. The van der Waals surface area contributed by atoms with E-state index < -0.39 is 0 Å². The number of aromatic hydroxyl groups is 1. The number of aryl methyl sites for hydroxylation is 1. The Morgan fingerprint density at radius 2 is 1.80 bits per heavy atom. The van der Waals surface area contributed by atoms with E-state index in [0.29, 0.717) is 17.8 Å². The van der Waals surface area contributed by atoms with Crippen LogP contribution in [0, 0.1) is 0 Å². The van der Waals surface area contributed by atoms with E-state index in [-0.39, 0.29) is 0 Å². The van der Waals surface area contributed by atoms with Gasteiger partial charge in [0.15, 0.2) is 0 Å². The minimum Gasteiger partial charge on any atom is -0.508 e. The minimum atomic E-state index is 0.344. The molecule has 0 radical (unpaired) electrons. The predicted molar refractivity (Wildman–Crippen MR) is 81.8 cm³/mol. The largest absolute Gasteiger partial charge is 0.508 e. The van der Waals surface area contributed by atoms with Gasteiger partial charge in [0.25, 0.3) is 0 Å². The van der Waals surface area contributed by atoms with Crippen LogP contribution in [0.2, 0.25) is 0 Å². The average molecular weight is 267 g/mol. The van der Waals surface area contributed by atoms with Crippen LogP contribution < -0.4 is 0 Å². The van der Waals surface area contributed by atoms with Crippen LogP contribution in [-0.4, -0.2) is 22.6 Å². The molecule has 3 rings (SSSR count). The smallest absolute Gasteiger partial charge is 0.115 e. The van der Waals surface area contributed by atoms with Gasteiger partial charge in [0.1, 0.15) is 5.75 Å². The molecule has 1 saturated heterocycles. The van der Waals surface area contributed by atoms with Gasteiger partial charge in [-0.3, -0.25) is 4.90 Å². The van der Waals surface area contributed by atoms with Crippen LogP contribution in [0.3, 0.4) is 0 Å². The lowest BCUT2D eigenvalue weighted by Crippen LogP contribution is -2.15. The summed E-state index contributed by atoms with van der Waals surface area (Å²) in [6.07, 6.45) is 2.23. The van der Waals surface area contributed by atoms with E-state index in [1.165, 1.54) is 17.7 Å². The van der Waals surface area contributed by atoms with E-state index in [1.54, 1.807) is 12.1 Å². The second-order valence-corrected chi connectivity index (χ2v) is 5.68. The van der Waals surface area contributed by atoms with Crippen molar-refractivity contribution < 1.29 is 5.11 Å². The van der Waals surface area contributed by atoms with Crippen LogP contribution in [0.25, 0.3) is 0 Å². The van der Waals surface area contributed by atoms with Gasteiger partial charge in [0, 0.05) is 18.6 Å². The zero-order valence-electron chi connectivity index (χ0n) is 11.9. The highest BCUT2D eigenvalue weighted by Crippen LogP contribution is 2.37. The topological polar surface area (TPSA) is 23.2 Å². The first-order chi connectivity index (χ1) is 9.74. The molecule has 0 amide bonds. The molecular weight excluding hydrogens is 246 g/mol. The van der Waals surface area contributed by atoms with Gasteiger partial charge in [-0.1, -0.05) is 42.5 Å². The van der Waals surface area contributed by atoms with Gasteiger partial charge >= 0.3 is 0 Å². The normalized spacial score (nSPS) is 22.4. The molecular formula is C18H21NO. The van der Waals surface area contributed by atoms with E-state index in [2.05, 4.69) is 42.2 Å². The SMILES string of the molecule is C[C@@H](CCc1ccc(O)cc1)N1C[C@@H]1c1ccccc1. The average Bonchev–Trinajstić information content (AvgIpc) is 3.28. The molecule has 3 atom stereocenters. The molecule has 1 unspecified atom stereocenters. The summed E-state index contributed by atoms with van der Waals surface area (Å²) in [5.74, 6) is 0.344. The van der Waals surface area contributed by atoms with E-state index in [4.69, 9.17) is 0 Å². The Kier molecular flexibility index (Phi) is 3.75. The van der Waals surface area contributed by atoms with Crippen molar-refractivity contribution in [1.82, 2.24) is 4.90 Å². The molecule has 0 bridgehead atoms. The Bertz CT molecular complexity index is 549. The zero-order valence-corrected chi connectivity index (χ0v) is 11.9. The van der Waals surface area contributed by atoms with Crippen molar-refractivity contribution in [1.29, 1.82) is 0 Å². The summed E-state index contributed by atoms with van der Waals surface area (Å²) in [6, 6.07) is 19.5. The van der Waals surface area contributed by atoms with Crippen LogP contribution in [0.4, 0.5) is 0 Å². The summed E-state index contributed by atoms with van der Waals surface area (Å²) < 4.78 is 0. The maximum Gasteiger partial charge on any atom is 0.115 e. The van der Waals surface area contributed by atoms with Crippen molar-refractivity contribution in [2.45, 2.75) is 31.8 Å². The predicted octanol–water partition coefficient (Wildman–Crippen LogP) is 3.77. The first-order valence-corrected chi connectivity index (χ1v) is 7.32. The zero-order chi connectivity index (χ0) is 13.9. The molecule has 2 nitrogen and oxygen atoms in total. The third-order valence-corrected chi connectivity index (χ3v) is 4.19. The second kappa shape index (κ2) is 5.68. The van der Waals surface area contributed by atoms with Crippen LogP contribution >= 0.6 is 0 Å². The Morgan fingerprint density at radius 1 is 1.10 bits per heavy atom. The highest BCUT2D eigenvalue weighted by Gasteiger charge is 2.38. The molecule has 104 valence electrons. The lowest BCUT2D eigenvalue weighted by Gasteiger charge is -2.14. The molecule has 1 aliphatic rings. The fraction of sp³-hybridized carbons (Fsp3) is 0.333. The molecule has 20 heavy (non-hydrogen) atoms. The highest BCUT2D eigenvalue weighted by atomic mass is 16.3. The van der Waals surface area contributed by atoms with E-state index in [9.17, 15) is 5.11 Å². The molecule has 0 aliphatic carbocycles.